The van der Waals surface area contributed by atoms with Gasteiger partial charge in [0.15, 0.2) is 0 Å². The van der Waals surface area contributed by atoms with E-state index in [9.17, 15) is 0 Å². The highest BCUT2D eigenvalue weighted by atomic mass is 35.5. The topological polar surface area (TPSA) is 0 Å². The highest BCUT2D eigenvalue weighted by Crippen LogP contribution is 2.32. The van der Waals surface area contributed by atoms with E-state index in [0.717, 1.165) is 5.02 Å². The standard InChI is InChI=1S/C7H9ClS2/c1-5(2)10-7-4-9-3-6(7)8/h3-5H,1-2H3. The quantitative estimate of drug-likeness (QED) is 0.641. The van der Waals surface area contributed by atoms with Gasteiger partial charge in [-0.15, -0.1) is 23.1 Å². The molecule has 1 aromatic heterocycles. The lowest BCUT2D eigenvalue weighted by Gasteiger charge is -2.00. The number of hydrogen-bond acceptors (Lipinski definition) is 2. The molecule has 0 radical (unpaired) electrons. The van der Waals surface area contributed by atoms with Gasteiger partial charge in [0.1, 0.15) is 0 Å². The third-order valence-corrected chi connectivity index (χ3v) is 3.45. The lowest BCUT2D eigenvalue weighted by atomic mass is 10.6. The van der Waals surface area contributed by atoms with Gasteiger partial charge in [-0.05, 0) is 0 Å². The molecule has 0 bridgehead atoms. The summed E-state index contributed by atoms with van der Waals surface area (Å²) in [6.45, 7) is 4.33. The molecule has 0 fully saturated rings. The van der Waals surface area contributed by atoms with E-state index in [1.807, 2.05) is 17.1 Å². The van der Waals surface area contributed by atoms with Crippen LogP contribution >= 0.6 is 34.7 Å². The van der Waals surface area contributed by atoms with Crippen LogP contribution in [0.4, 0.5) is 0 Å². The van der Waals surface area contributed by atoms with Gasteiger partial charge in [0.25, 0.3) is 0 Å². The first-order valence-electron chi connectivity index (χ1n) is 3.08. The van der Waals surface area contributed by atoms with Gasteiger partial charge >= 0.3 is 0 Å². The fourth-order valence-electron chi connectivity index (χ4n) is 0.608. The van der Waals surface area contributed by atoms with Crippen molar-refractivity contribution in [3.05, 3.63) is 15.8 Å². The van der Waals surface area contributed by atoms with Crippen molar-refractivity contribution in [2.24, 2.45) is 0 Å². The van der Waals surface area contributed by atoms with Crippen LogP contribution in [-0.4, -0.2) is 5.25 Å². The van der Waals surface area contributed by atoms with Gasteiger partial charge in [0, 0.05) is 20.9 Å². The molecular formula is C7H9ClS2. The van der Waals surface area contributed by atoms with E-state index in [-0.39, 0.29) is 0 Å². The Morgan fingerprint density at radius 3 is 2.60 bits per heavy atom. The van der Waals surface area contributed by atoms with E-state index in [0.29, 0.717) is 5.25 Å². The number of halogens is 1. The van der Waals surface area contributed by atoms with Crippen molar-refractivity contribution < 1.29 is 0 Å². The van der Waals surface area contributed by atoms with Gasteiger partial charge in [-0.2, -0.15) is 0 Å². The smallest absolute Gasteiger partial charge is 0.0648 e. The molecule has 0 saturated carbocycles. The second-order valence-corrected chi connectivity index (χ2v) is 5.02. The summed E-state index contributed by atoms with van der Waals surface area (Å²) in [5.41, 5.74) is 0. The molecule has 0 spiro atoms. The number of thiophene rings is 1. The molecule has 0 amide bonds. The van der Waals surface area contributed by atoms with Crippen LogP contribution in [0.3, 0.4) is 0 Å². The summed E-state index contributed by atoms with van der Waals surface area (Å²) in [5, 5.41) is 5.56. The average Bonchev–Trinajstić information content (AvgIpc) is 2.15. The molecule has 0 nitrogen and oxygen atoms in total. The molecule has 1 aromatic rings. The van der Waals surface area contributed by atoms with Crippen LogP contribution in [0.1, 0.15) is 13.8 Å². The highest BCUT2D eigenvalue weighted by Gasteiger charge is 2.02. The van der Waals surface area contributed by atoms with E-state index in [4.69, 9.17) is 11.6 Å². The van der Waals surface area contributed by atoms with Crippen molar-refractivity contribution in [3.63, 3.8) is 0 Å². The molecule has 56 valence electrons. The Morgan fingerprint density at radius 2 is 2.20 bits per heavy atom. The first-order chi connectivity index (χ1) is 4.70. The summed E-state index contributed by atoms with van der Waals surface area (Å²) < 4.78 is 0. The summed E-state index contributed by atoms with van der Waals surface area (Å²) >= 11 is 9.34. The molecule has 0 aliphatic rings. The normalized spacial score (nSPS) is 10.8. The van der Waals surface area contributed by atoms with Crippen LogP contribution in [0.25, 0.3) is 0 Å². The third-order valence-electron chi connectivity index (χ3n) is 0.945. The van der Waals surface area contributed by atoms with Crippen molar-refractivity contribution in [1.82, 2.24) is 0 Å². The third kappa shape index (κ3) is 2.19. The van der Waals surface area contributed by atoms with Crippen LogP contribution < -0.4 is 0 Å². The molecule has 10 heavy (non-hydrogen) atoms. The van der Waals surface area contributed by atoms with E-state index >= 15 is 0 Å². The second-order valence-electron chi connectivity index (χ2n) is 2.25. The Labute approximate surface area is 74.6 Å². The van der Waals surface area contributed by atoms with Crippen LogP contribution in [-0.2, 0) is 0 Å². The largest absolute Gasteiger partial charge is 0.150 e. The Balaban J connectivity index is 2.65. The van der Waals surface area contributed by atoms with Gasteiger partial charge in [-0.1, -0.05) is 25.4 Å². The van der Waals surface area contributed by atoms with Gasteiger partial charge in [0.2, 0.25) is 0 Å². The summed E-state index contributed by atoms with van der Waals surface area (Å²) in [4.78, 5) is 1.21. The van der Waals surface area contributed by atoms with Crippen molar-refractivity contribution in [3.8, 4) is 0 Å². The summed E-state index contributed by atoms with van der Waals surface area (Å²) in [5.74, 6) is 0. The second kappa shape index (κ2) is 3.65. The SMILES string of the molecule is CC(C)Sc1cscc1Cl. The van der Waals surface area contributed by atoms with E-state index in [2.05, 4.69) is 19.2 Å². The lowest BCUT2D eigenvalue weighted by molar-refractivity contribution is 1.11. The number of rotatable bonds is 2. The van der Waals surface area contributed by atoms with Crippen LogP contribution in [0.5, 0.6) is 0 Å². The molecule has 0 aliphatic carbocycles. The van der Waals surface area contributed by atoms with Crippen LogP contribution in [0, 0.1) is 0 Å². The maximum absolute atomic E-state index is 5.87. The minimum Gasteiger partial charge on any atom is -0.150 e. The molecule has 3 heteroatoms. The first kappa shape index (κ1) is 8.44. The Hall–Kier alpha value is 0.340. The summed E-state index contributed by atoms with van der Waals surface area (Å²) in [6.07, 6.45) is 0. The Bertz CT molecular complexity index is 205. The van der Waals surface area contributed by atoms with E-state index in [1.165, 1.54) is 4.90 Å². The van der Waals surface area contributed by atoms with Crippen LogP contribution in [0.15, 0.2) is 15.7 Å². The minimum atomic E-state index is 0.618. The predicted octanol–water partition coefficient (Wildman–Crippen LogP) is 3.90. The molecule has 0 unspecified atom stereocenters. The zero-order chi connectivity index (χ0) is 7.56. The average molecular weight is 193 g/mol. The van der Waals surface area contributed by atoms with Crippen molar-refractivity contribution >= 4 is 34.7 Å². The molecule has 0 atom stereocenters. The molecule has 1 rings (SSSR count). The van der Waals surface area contributed by atoms with E-state index in [1.54, 1.807) is 11.3 Å². The van der Waals surface area contributed by atoms with Crippen molar-refractivity contribution in [1.29, 1.82) is 0 Å². The number of thioether (sulfide) groups is 1. The fraction of sp³-hybridized carbons (Fsp3) is 0.429. The fourth-order valence-corrected chi connectivity index (χ4v) is 2.72. The van der Waals surface area contributed by atoms with E-state index < -0.39 is 0 Å². The lowest BCUT2D eigenvalue weighted by Crippen LogP contribution is -1.83. The zero-order valence-corrected chi connectivity index (χ0v) is 8.32. The maximum Gasteiger partial charge on any atom is 0.0648 e. The molecule has 1 heterocycles. The van der Waals surface area contributed by atoms with Gasteiger partial charge in [-0.3, -0.25) is 0 Å². The predicted molar refractivity (Wildman–Crippen MR) is 50.3 cm³/mol. The first-order valence-corrected chi connectivity index (χ1v) is 5.28. The van der Waals surface area contributed by atoms with Crippen LogP contribution in [0.2, 0.25) is 5.02 Å². The molecule has 0 N–H and O–H groups in total. The van der Waals surface area contributed by atoms with Gasteiger partial charge < -0.3 is 0 Å². The van der Waals surface area contributed by atoms with Gasteiger partial charge in [0.05, 0.1) is 5.02 Å². The van der Waals surface area contributed by atoms with Crippen molar-refractivity contribution in [2.75, 3.05) is 0 Å². The minimum absolute atomic E-state index is 0.618. The Morgan fingerprint density at radius 1 is 1.50 bits per heavy atom. The maximum atomic E-state index is 5.87. The molecule has 0 saturated heterocycles. The number of hydrogen-bond donors (Lipinski definition) is 0. The molecular weight excluding hydrogens is 184 g/mol. The molecule has 0 aliphatic heterocycles. The van der Waals surface area contributed by atoms with Crippen molar-refractivity contribution in [2.45, 2.75) is 24.0 Å². The zero-order valence-electron chi connectivity index (χ0n) is 5.93. The molecule has 0 aromatic carbocycles. The monoisotopic (exact) mass is 192 g/mol. The summed E-state index contributed by atoms with van der Waals surface area (Å²) in [6, 6.07) is 0. The Kier molecular flexibility index (Phi) is 3.08. The summed E-state index contributed by atoms with van der Waals surface area (Å²) in [7, 11) is 0. The highest BCUT2D eigenvalue weighted by molar-refractivity contribution is 8.00. The van der Waals surface area contributed by atoms with Gasteiger partial charge in [-0.25, -0.2) is 0 Å².